The molecule has 0 aliphatic carbocycles. The summed E-state index contributed by atoms with van der Waals surface area (Å²) in [5.74, 6) is 0.772. The zero-order valence-electron chi connectivity index (χ0n) is 29.5. The molecule has 0 unspecified atom stereocenters. The molecular weight excluding hydrogens is 650 g/mol. The number of rotatable bonds is 29. The largest absolute Gasteiger partial charge is 0.491 e. The maximum absolute atomic E-state index is 6.73. The van der Waals surface area contributed by atoms with E-state index in [2.05, 4.69) is 36.4 Å². The van der Waals surface area contributed by atoms with Crippen LogP contribution in [0.3, 0.4) is 0 Å². The molecule has 10 heteroatoms. The van der Waals surface area contributed by atoms with E-state index in [0.29, 0.717) is 111 Å². The third-order valence-corrected chi connectivity index (χ3v) is 7.70. The van der Waals surface area contributed by atoms with Crippen LogP contribution in [0.1, 0.15) is 16.7 Å². The lowest BCUT2D eigenvalue weighted by Gasteiger charge is -2.36. The van der Waals surface area contributed by atoms with Gasteiger partial charge >= 0.3 is 0 Å². The summed E-state index contributed by atoms with van der Waals surface area (Å²) < 4.78 is 51.4. The minimum Gasteiger partial charge on any atom is -0.491 e. The number of hydrogen-bond acceptors (Lipinski definition) is 10. The molecule has 0 amide bonds. The van der Waals surface area contributed by atoms with Crippen molar-refractivity contribution in [3.8, 4) is 5.75 Å². The Balaban J connectivity index is 0.930. The Morgan fingerprint density at radius 1 is 0.333 bits per heavy atom. The Kier molecular flexibility index (Phi) is 19.7. The van der Waals surface area contributed by atoms with Crippen molar-refractivity contribution in [3.05, 3.63) is 132 Å². The summed E-state index contributed by atoms with van der Waals surface area (Å²) in [6.07, 6.45) is 0. The summed E-state index contributed by atoms with van der Waals surface area (Å²) in [5, 5.41) is 0. The predicted octanol–water partition coefficient (Wildman–Crippen LogP) is 5.77. The molecule has 0 fully saturated rings. The SMILES string of the molecule is Nc1ccc(OCCOCCOCCOCCOCCOCCOCCOCCOC(c2ccccc2)(c2ccccc2)c2ccccc2)cc1. The summed E-state index contributed by atoms with van der Waals surface area (Å²) >= 11 is 0. The van der Waals surface area contributed by atoms with Crippen LogP contribution in [0, 0.1) is 0 Å². The van der Waals surface area contributed by atoms with E-state index in [-0.39, 0.29) is 0 Å². The molecule has 0 atom stereocenters. The van der Waals surface area contributed by atoms with Crippen molar-refractivity contribution in [3.63, 3.8) is 0 Å². The number of nitrogens with two attached hydrogens (primary N) is 1. The third-order valence-electron chi connectivity index (χ3n) is 7.70. The van der Waals surface area contributed by atoms with Crippen molar-refractivity contribution in [1.82, 2.24) is 0 Å². The number of ether oxygens (including phenoxy) is 9. The zero-order valence-corrected chi connectivity index (χ0v) is 29.5. The van der Waals surface area contributed by atoms with Gasteiger partial charge in [0, 0.05) is 5.69 Å². The van der Waals surface area contributed by atoms with Gasteiger partial charge < -0.3 is 48.4 Å². The number of nitrogen functional groups attached to an aromatic ring is 1. The van der Waals surface area contributed by atoms with Crippen molar-refractivity contribution >= 4 is 5.69 Å². The van der Waals surface area contributed by atoms with Gasteiger partial charge in [-0.05, 0) is 41.0 Å². The molecule has 0 spiro atoms. The van der Waals surface area contributed by atoms with E-state index in [9.17, 15) is 0 Å². The van der Waals surface area contributed by atoms with Gasteiger partial charge in [0.15, 0.2) is 0 Å². The molecule has 4 rings (SSSR count). The van der Waals surface area contributed by atoms with Crippen LogP contribution in [0.4, 0.5) is 5.69 Å². The number of hydrogen-bond donors (Lipinski definition) is 1. The Hall–Kier alpha value is -3.84. The van der Waals surface area contributed by atoms with E-state index in [0.717, 1.165) is 22.4 Å². The van der Waals surface area contributed by atoms with E-state index >= 15 is 0 Å². The van der Waals surface area contributed by atoms with Gasteiger partial charge in [-0.2, -0.15) is 0 Å². The van der Waals surface area contributed by atoms with Gasteiger partial charge in [0.25, 0.3) is 0 Å². The summed E-state index contributed by atoms with van der Waals surface area (Å²) in [7, 11) is 0. The Labute approximate surface area is 302 Å². The molecule has 0 saturated heterocycles. The topological polar surface area (TPSA) is 109 Å². The fourth-order valence-electron chi connectivity index (χ4n) is 5.23. The van der Waals surface area contributed by atoms with Crippen molar-refractivity contribution in [2.75, 3.05) is 111 Å². The molecule has 10 nitrogen and oxygen atoms in total. The highest BCUT2D eigenvalue weighted by molar-refractivity contribution is 5.47. The zero-order chi connectivity index (χ0) is 35.5. The summed E-state index contributed by atoms with van der Waals surface area (Å²) in [6, 6.07) is 38.3. The van der Waals surface area contributed by atoms with Crippen molar-refractivity contribution in [1.29, 1.82) is 0 Å². The predicted molar refractivity (Wildman–Crippen MR) is 197 cm³/mol. The average Bonchev–Trinajstić information content (AvgIpc) is 3.18. The van der Waals surface area contributed by atoms with Crippen molar-refractivity contribution < 1.29 is 42.6 Å². The maximum Gasteiger partial charge on any atom is 0.143 e. The van der Waals surface area contributed by atoms with E-state index in [1.807, 2.05) is 66.7 Å². The Bertz CT molecular complexity index is 1300. The smallest absolute Gasteiger partial charge is 0.143 e. The second kappa shape index (κ2) is 25.2. The molecule has 2 N–H and O–H groups in total. The summed E-state index contributed by atoms with van der Waals surface area (Å²) in [6.45, 7) is 7.78. The molecule has 51 heavy (non-hydrogen) atoms. The third kappa shape index (κ3) is 15.1. The van der Waals surface area contributed by atoms with Gasteiger partial charge in [-0.25, -0.2) is 0 Å². The van der Waals surface area contributed by atoms with Crippen LogP contribution in [0.15, 0.2) is 115 Å². The van der Waals surface area contributed by atoms with E-state index in [1.165, 1.54) is 0 Å². The number of anilines is 1. The molecule has 0 radical (unpaired) electrons. The van der Waals surface area contributed by atoms with Crippen LogP contribution in [0.2, 0.25) is 0 Å². The van der Waals surface area contributed by atoms with Crippen molar-refractivity contribution in [2.24, 2.45) is 0 Å². The second-order valence-corrected chi connectivity index (χ2v) is 11.3. The Morgan fingerprint density at radius 2 is 0.627 bits per heavy atom. The fourth-order valence-corrected chi connectivity index (χ4v) is 5.23. The van der Waals surface area contributed by atoms with Gasteiger partial charge in [-0.15, -0.1) is 0 Å². The van der Waals surface area contributed by atoms with Crippen molar-refractivity contribution in [2.45, 2.75) is 5.60 Å². The molecule has 0 aliphatic heterocycles. The average molecular weight is 704 g/mol. The monoisotopic (exact) mass is 703 g/mol. The van der Waals surface area contributed by atoms with E-state index < -0.39 is 5.60 Å². The first-order chi connectivity index (χ1) is 25.3. The van der Waals surface area contributed by atoms with Gasteiger partial charge in [0.1, 0.15) is 18.0 Å². The van der Waals surface area contributed by atoms with Crippen LogP contribution in [-0.2, 0) is 43.5 Å². The highest BCUT2D eigenvalue weighted by Crippen LogP contribution is 2.40. The molecule has 0 saturated carbocycles. The first kappa shape index (κ1) is 39.9. The lowest BCUT2D eigenvalue weighted by atomic mass is 9.80. The van der Waals surface area contributed by atoms with Crippen LogP contribution in [0.5, 0.6) is 5.75 Å². The molecule has 276 valence electrons. The highest BCUT2D eigenvalue weighted by atomic mass is 16.6. The Morgan fingerprint density at radius 3 is 0.961 bits per heavy atom. The summed E-state index contributed by atoms with van der Waals surface area (Å²) in [5.41, 5.74) is 8.82. The molecule has 0 aliphatic rings. The van der Waals surface area contributed by atoms with Gasteiger partial charge in [-0.1, -0.05) is 91.0 Å². The molecule has 0 heterocycles. The maximum atomic E-state index is 6.73. The van der Waals surface area contributed by atoms with Crippen LogP contribution < -0.4 is 10.5 Å². The normalized spacial score (nSPS) is 11.5. The minimum absolute atomic E-state index is 0.417. The quantitative estimate of drug-likeness (QED) is 0.0425. The first-order valence-corrected chi connectivity index (χ1v) is 17.6. The van der Waals surface area contributed by atoms with Crippen LogP contribution in [-0.4, -0.2) is 106 Å². The van der Waals surface area contributed by atoms with E-state index in [1.54, 1.807) is 12.1 Å². The van der Waals surface area contributed by atoms with Crippen LogP contribution >= 0.6 is 0 Å². The summed E-state index contributed by atoms with van der Waals surface area (Å²) in [4.78, 5) is 0. The second-order valence-electron chi connectivity index (χ2n) is 11.3. The molecule has 4 aromatic rings. The standard InChI is InChI=1S/C41H53NO9/c42-39-16-18-40(19-17-39)50-34-32-48-30-28-46-26-24-44-22-20-43-21-23-45-25-27-47-29-31-49-33-35-51-41(36-10-4-1-5-11-36,37-12-6-2-7-13-37)38-14-8-3-9-15-38/h1-19H,20-35,42H2. The van der Waals surface area contributed by atoms with Gasteiger partial charge in [-0.3, -0.25) is 0 Å². The van der Waals surface area contributed by atoms with Crippen LogP contribution in [0.25, 0.3) is 0 Å². The lowest BCUT2D eigenvalue weighted by molar-refractivity contribution is -0.0397. The lowest BCUT2D eigenvalue weighted by Crippen LogP contribution is -2.34. The molecule has 4 aromatic carbocycles. The molecule has 0 bridgehead atoms. The molecule has 0 aromatic heterocycles. The van der Waals surface area contributed by atoms with Gasteiger partial charge in [0.05, 0.1) is 99.1 Å². The van der Waals surface area contributed by atoms with Gasteiger partial charge in [0.2, 0.25) is 0 Å². The van der Waals surface area contributed by atoms with E-state index in [4.69, 9.17) is 48.4 Å². The number of benzene rings is 4. The fraction of sp³-hybridized carbons (Fsp3) is 0.415. The molecular formula is C41H53NO9. The minimum atomic E-state index is -0.750. The first-order valence-electron chi connectivity index (χ1n) is 17.6. The highest BCUT2D eigenvalue weighted by Gasteiger charge is 2.37.